The van der Waals surface area contributed by atoms with Crippen molar-refractivity contribution in [2.24, 2.45) is 5.92 Å². The molecule has 1 aliphatic heterocycles. The van der Waals surface area contributed by atoms with E-state index >= 15 is 0 Å². The van der Waals surface area contributed by atoms with Crippen molar-refractivity contribution in [2.45, 2.75) is 62.9 Å². The second kappa shape index (κ2) is 11.8. The quantitative estimate of drug-likeness (QED) is 0.436. The summed E-state index contributed by atoms with van der Waals surface area (Å²) in [7, 11) is -3.90. The summed E-state index contributed by atoms with van der Waals surface area (Å²) in [6, 6.07) is 14.8. The van der Waals surface area contributed by atoms with E-state index in [0.717, 1.165) is 31.1 Å². The van der Waals surface area contributed by atoms with Crippen molar-refractivity contribution in [3.63, 3.8) is 0 Å². The Balaban J connectivity index is 1.33. The minimum Gasteiger partial charge on any atom is -0.450 e. The van der Waals surface area contributed by atoms with E-state index in [-0.39, 0.29) is 29.0 Å². The van der Waals surface area contributed by atoms with Crippen molar-refractivity contribution in [2.75, 3.05) is 24.4 Å². The zero-order valence-corrected chi connectivity index (χ0v) is 23.8. The van der Waals surface area contributed by atoms with E-state index in [2.05, 4.69) is 9.71 Å². The molecule has 1 aliphatic carbocycles. The van der Waals surface area contributed by atoms with Gasteiger partial charge in [0.15, 0.2) is 0 Å². The Morgan fingerprint density at radius 1 is 0.975 bits per heavy atom. The van der Waals surface area contributed by atoms with Gasteiger partial charge in [-0.25, -0.2) is 13.2 Å². The number of pyridine rings is 1. The molecule has 2 aliphatic rings. The zero-order chi connectivity index (χ0) is 28.3. The van der Waals surface area contributed by atoms with Crippen LogP contribution in [0, 0.1) is 5.92 Å². The molecule has 3 aromatic rings. The number of fused-ring (bicyclic) bond motifs is 1. The first-order valence-electron chi connectivity index (χ1n) is 14.0. The van der Waals surface area contributed by atoms with Gasteiger partial charge in [-0.2, -0.15) is 0 Å². The number of hydrogen-bond donors (Lipinski definition) is 1. The first-order valence-corrected chi connectivity index (χ1v) is 15.5. The predicted molar refractivity (Wildman–Crippen MR) is 154 cm³/mol. The van der Waals surface area contributed by atoms with Crippen LogP contribution in [0.2, 0.25) is 0 Å². The molecular weight excluding hydrogens is 528 g/mol. The predicted octanol–water partition coefficient (Wildman–Crippen LogP) is 5.29. The van der Waals surface area contributed by atoms with Gasteiger partial charge in [-0.3, -0.25) is 14.5 Å². The number of sulfonamides is 1. The van der Waals surface area contributed by atoms with Crippen LogP contribution in [0.4, 0.5) is 10.5 Å². The van der Waals surface area contributed by atoms with Crippen molar-refractivity contribution < 1.29 is 22.7 Å². The molecule has 2 heterocycles. The monoisotopic (exact) mass is 564 g/mol. The number of nitrogens with zero attached hydrogens (tertiary/aromatic N) is 3. The van der Waals surface area contributed by atoms with Crippen molar-refractivity contribution in [1.82, 2.24) is 14.8 Å². The Hall–Kier alpha value is -3.66. The van der Waals surface area contributed by atoms with Crippen LogP contribution in [0.25, 0.3) is 10.9 Å². The summed E-state index contributed by atoms with van der Waals surface area (Å²) < 4.78 is 34.3. The number of rotatable bonds is 6. The second-order valence-corrected chi connectivity index (χ2v) is 12.2. The molecule has 0 bridgehead atoms. The van der Waals surface area contributed by atoms with Crippen molar-refractivity contribution in [3.05, 3.63) is 66.4 Å². The fourth-order valence-corrected chi connectivity index (χ4v) is 7.43. The lowest BCUT2D eigenvalue weighted by Gasteiger charge is -2.49. The Kier molecular flexibility index (Phi) is 8.25. The normalized spacial score (nSPS) is 20.4. The molecule has 2 amide bonds. The lowest BCUT2D eigenvalue weighted by atomic mass is 9.79. The van der Waals surface area contributed by atoms with Gasteiger partial charge in [0.1, 0.15) is 4.90 Å². The highest BCUT2D eigenvalue weighted by molar-refractivity contribution is 7.93. The highest BCUT2D eigenvalue weighted by Gasteiger charge is 2.43. The molecule has 9 nitrogen and oxygen atoms in total. The summed E-state index contributed by atoms with van der Waals surface area (Å²) in [4.78, 5) is 34.5. The van der Waals surface area contributed by atoms with Crippen LogP contribution in [0.15, 0.2) is 65.7 Å². The molecule has 2 unspecified atom stereocenters. The van der Waals surface area contributed by atoms with Crippen molar-refractivity contribution >= 4 is 38.6 Å². The van der Waals surface area contributed by atoms with Crippen molar-refractivity contribution in [1.29, 1.82) is 0 Å². The molecule has 40 heavy (non-hydrogen) atoms. The van der Waals surface area contributed by atoms with E-state index in [1.807, 2.05) is 28.9 Å². The number of benzene rings is 2. The van der Waals surface area contributed by atoms with Crippen LogP contribution in [-0.4, -0.2) is 67.0 Å². The molecule has 2 aromatic carbocycles. The molecule has 1 saturated carbocycles. The number of ether oxygens (including phenoxy) is 1. The van der Waals surface area contributed by atoms with Crippen molar-refractivity contribution in [3.8, 4) is 0 Å². The molecular formula is C30H36N4O5S. The third kappa shape index (κ3) is 5.63. The number of aromatic nitrogens is 1. The average molecular weight is 565 g/mol. The van der Waals surface area contributed by atoms with E-state index in [9.17, 15) is 18.0 Å². The Bertz CT molecular complexity index is 1470. The summed E-state index contributed by atoms with van der Waals surface area (Å²) in [6.45, 7) is 4.97. The van der Waals surface area contributed by atoms with Crippen LogP contribution in [0.5, 0.6) is 0 Å². The molecule has 212 valence electrons. The van der Waals surface area contributed by atoms with Gasteiger partial charge >= 0.3 is 6.09 Å². The highest BCUT2D eigenvalue weighted by atomic mass is 32.2. The summed E-state index contributed by atoms with van der Waals surface area (Å²) >= 11 is 0. The number of anilines is 1. The van der Waals surface area contributed by atoms with E-state index in [0.29, 0.717) is 42.4 Å². The summed E-state index contributed by atoms with van der Waals surface area (Å²) in [5.74, 6) is 0.188. The Morgan fingerprint density at radius 2 is 1.68 bits per heavy atom. The van der Waals surface area contributed by atoms with E-state index in [4.69, 9.17) is 4.74 Å². The molecule has 0 radical (unpaired) electrons. The van der Waals surface area contributed by atoms with Gasteiger partial charge in [-0.05, 0) is 69.0 Å². The van der Waals surface area contributed by atoms with Gasteiger partial charge in [0.25, 0.3) is 15.9 Å². The van der Waals surface area contributed by atoms with Gasteiger partial charge < -0.3 is 14.5 Å². The topological polar surface area (TPSA) is 109 Å². The van der Waals surface area contributed by atoms with Crippen LogP contribution >= 0.6 is 0 Å². The first-order chi connectivity index (χ1) is 19.3. The SMILES string of the molecule is CCOC(=O)N1CCN(C(=O)c2ccc(NS(=O)(=O)c3cccc4cccnc34)cc2)C(C)C1C1CCCCC1. The third-order valence-corrected chi connectivity index (χ3v) is 9.51. The van der Waals surface area contributed by atoms with Crippen LogP contribution in [0.1, 0.15) is 56.3 Å². The maximum atomic E-state index is 13.6. The second-order valence-electron chi connectivity index (χ2n) is 10.5. The summed E-state index contributed by atoms with van der Waals surface area (Å²) in [5, 5.41) is 0.732. The van der Waals surface area contributed by atoms with Gasteiger partial charge in [0, 0.05) is 35.9 Å². The fourth-order valence-electron chi connectivity index (χ4n) is 6.19. The Labute approximate surface area is 235 Å². The molecule has 0 spiro atoms. The minimum atomic E-state index is -3.90. The largest absolute Gasteiger partial charge is 0.450 e. The lowest BCUT2D eigenvalue weighted by Crippen LogP contribution is -2.63. The molecule has 1 saturated heterocycles. The van der Waals surface area contributed by atoms with Gasteiger partial charge in [-0.1, -0.05) is 37.5 Å². The number of carbonyl (C=O) groups is 2. The molecule has 1 aromatic heterocycles. The number of para-hydroxylation sites is 1. The number of carbonyl (C=O) groups excluding carboxylic acids is 2. The van der Waals surface area contributed by atoms with Crippen LogP contribution < -0.4 is 4.72 Å². The standard InChI is InChI=1S/C30H36N4O5S/c1-3-39-30(36)34-20-19-33(21(2)28(34)23-9-5-4-6-10-23)29(35)24-14-16-25(17-15-24)32-40(37,38)26-13-7-11-22-12-8-18-31-27(22)26/h7-8,11-18,21,23,28,32H,3-6,9-10,19-20H2,1-2H3. The zero-order valence-electron chi connectivity index (χ0n) is 23.0. The molecule has 1 N–H and O–H groups in total. The van der Waals surface area contributed by atoms with Gasteiger partial charge in [-0.15, -0.1) is 0 Å². The van der Waals surface area contributed by atoms with E-state index in [1.54, 1.807) is 49.5 Å². The Morgan fingerprint density at radius 3 is 2.40 bits per heavy atom. The fraction of sp³-hybridized carbons (Fsp3) is 0.433. The smallest absolute Gasteiger partial charge is 0.410 e. The average Bonchev–Trinajstić information content (AvgIpc) is 2.97. The van der Waals surface area contributed by atoms with Gasteiger partial charge in [0.05, 0.1) is 24.2 Å². The lowest BCUT2D eigenvalue weighted by molar-refractivity contribution is -0.00610. The molecule has 2 atom stereocenters. The number of piperazine rings is 1. The first kappa shape index (κ1) is 27.9. The number of nitrogens with one attached hydrogen (secondary N) is 1. The van der Waals surface area contributed by atoms with Crippen LogP contribution in [0.3, 0.4) is 0 Å². The molecule has 10 heteroatoms. The maximum Gasteiger partial charge on any atom is 0.410 e. The maximum absolute atomic E-state index is 13.6. The molecule has 5 rings (SSSR count). The third-order valence-electron chi connectivity index (χ3n) is 8.09. The highest BCUT2D eigenvalue weighted by Crippen LogP contribution is 2.35. The van der Waals surface area contributed by atoms with E-state index < -0.39 is 10.0 Å². The summed E-state index contributed by atoms with van der Waals surface area (Å²) in [6.07, 6.45) is 6.79. The van der Waals surface area contributed by atoms with Gasteiger partial charge in [0.2, 0.25) is 0 Å². The van der Waals surface area contributed by atoms with E-state index in [1.165, 1.54) is 12.5 Å². The van der Waals surface area contributed by atoms with Crippen LogP contribution in [-0.2, 0) is 14.8 Å². The minimum absolute atomic E-state index is 0.0906. The number of hydrogen-bond acceptors (Lipinski definition) is 6. The molecule has 2 fully saturated rings. The number of amides is 2. The summed E-state index contributed by atoms with van der Waals surface area (Å²) in [5.41, 5.74) is 1.21.